The van der Waals surface area contributed by atoms with Gasteiger partial charge in [0.1, 0.15) is 39.9 Å². The fourth-order valence-corrected chi connectivity index (χ4v) is 4.32. The number of nitrogens with one attached hydrogen (secondary N) is 1. The molecular formula is C43H52F2N4O11. The van der Waals surface area contributed by atoms with Gasteiger partial charge in [0.2, 0.25) is 11.9 Å². The van der Waals surface area contributed by atoms with Crippen molar-refractivity contribution >= 4 is 42.6 Å². The normalized spacial score (nSPS) is 10.9. The molecule has 0 radical (unpaired) electrons. The van der Waals surface area contributed by atoms with Crippen LogP contribution in [0.5, 0.6) is 11.5 Å². The first kappa shape index (κ1) is 49.5. The van der Waals surface area contributed by atoms with Crippen molar-refractivity contribution in [1.82, 2.24) is 9.97 Å². The molecule has 0 saturated heterocycles. The molecule has 0 fully saturated rings. The van der Waals surface area contributed by atoms with Gasteiger partial charge in [-0.25, -0.2) is 24.4 Å². The molecule has 0 aliphatic rings. The summed E-state index contributed by atoms with van der Waals surface area (Å²) in [5, 5.41) is 2.98. The summed E-state index contributed by atoms with van der Waals surface area (Å²) >= 11 is 0. The van der Waals surface area contributed by atoms with Gasteiger partial charge in [0.25, 0.3) is 0 Å². The van der Waals surface area contributed by atoms with Crippen LogP contribution in [0.4, 0.5) is 34.8 Å². The first-order valence-electron chi connectivity index (χ1n) is 18.3. The maximum Gasteiger partial charge on any atom is 0.519 e. The SMILES string of the molecule is CC(C)(C)OC(=O)OC(=O)OC(C)(C)C.COc1ccc(CN(C(=O)OC(C)(C)C)c2ccc(C=O)c(F)n2)cc1.COc1ccc(CNc2ccc(C=O)c(F)n2)cc1. The standard InChI is InChI=1S/C19H21FN2O4.C14H13FN2O2.C10H18O5/c1-19(2,3)26-18(24)22(11-13-5-8-15(25-4)9-6-13)16-10-7-14(12-23)17(20)21-16;1-19-12-5-2-10(3-6-12)8-16-13-7-4-11(9-18)14(15)17-13;1-9(2,3)14-7(11)13-8(12)15-10(4,5)6/h5-10,12H,11H2,1-4H3;2-7,9H,8H2,1H3,(H,16,17);1-6H3. The molecule has 0 bridgehead atoms. The Morgan fingerprint density at radius 1 is 0.617 bits per heavy atom. The predicted octanol–water partition coefficient (Wildman–Crippen LogP) is 9.51. The highest BCUT2D eigenvalue weighted by atomic mass is 19.1. The molecule has 2 heterocycles. The van der Waals surface area contributed by atoms with Crippen LogP contribution in [-0.4, -0.2) is 72.0 Å². The number of hydrogen-bond acceptors (Lipinski definition) is 14. The number of nitrogens with zero attached hydrogens (tertiary/aromatic N) is 3. The highest BCUT2D eigenvalue weighted by Gasteiger charge is 2.26. The summed E-state index contributed by atoms with van der Waals surface area (Å²) in [5.41, 5.74) is -0.549. The second-order valence-corrected chi connectivity index (χ2v) is 15.5. The highest BCUT2D eigenvalue weighted by molar-refractivity contribution is 5.87. The predicted molar refractivity (Wildman–Crippen MR) is 218 cm³/mol. The van der Waals surface area contributed by atoms with E-state index in [1.54, 1.807) is 107 Å². The van der Waals surface area contributed by atoms with E-state index < -0.39 is 47.1 Å². The highest BCUT2D eigenvalue weighted by Crippen LogP contribution is 2.22. The number of halogens is 2. The molecular weight excluding hydrogens is 786 g/mol. The summed E-state index contributed by atoms with van der Waals surface area (Å²) in [6, 6.07) is 20.2. The van der Waals surface area contributed by atoms with E-state index in [-0.39, 0.29) is 23.5 Å². The first-order valence-corrected chi connectivity index (χ1v) is 18.3. The third-order valence-electron chi connectivity index (χ3n) is 6.96. The Bertz CT molecular complexity index is 2020. The van der Waals surface area contributed by atoms with Gasteiger partial charge in [-0.2, -0.15) is 8.78 Å². The van der Waals surface area contributed by atoms with Crippen LogP contribution < -0.4 is 19.7 Å². The number of carbonyl (C=O) groups excluding carboxylic acids is 5. The lowest BCUT2D eigenvalue weighted by Gasteiger charge is -2.27. The Balaban J connectivity index is 0.000000324. The van der Waals surface area contributed by atoms with Gasteiger partial charge in [-0.15, -0.1) is 0 Å². The molecule has 2 aromatic heterocycles. The molecule has 0 saturated carbocycles. The van der Waals surface area contributed by atoms with Crippen LogP contribution in [0, 0.1) is 11.9 Å². The second-order valence-electron chi connectivity index (χ2n) is 15.5. The third kappa shape index (κ3) is 18.7. The van der Waals surface area contributed by atoms with Crippen LogP contribution in [0.2, 0.25) is 0 Å². The number of benzene rings is 2. The van der Waals surface area contributed by atoms with Crippen LogP contribution in [0.3, 0.4) is 0 Å². The van der Waals surface area contributed by atoms with Gasteiger partial charge in [-0.05, 0) is 122 Å². The van der Waals surface area contributed by atoms with Crippen molar-refractivity contribution in [3.8, 4) is 11.5 Å². The maximum absolute atomic E-state index is 13.9. The number of methoxy groups -OCH3 is 2. The van der Waals surface area contributed by atoms with Gasteiger partial charge in [-0.1, -0.05) is 24.3 Å². The molecule has 0 atom stereocenters. The molecule has 15 nitrogen and oxygen atoms in total. The number of rotatable bonds is 10. The van der Waals surface area contributed by atoms with Crippen LogP contribution in [0.1, 0.15) is 94.2 Å². The quantitative estimate of drug-likeness (QED) is 0.0524. The van der Waals surface area contributed by atoms with E-state index in [1.807, 2.05) is 24.3 Å². The van der Waals surface area contributed by atoms with Crippen molar-refractivity contribution in [2.75, 3.05) is 24.4 Å². The molecule has 0 aliphatic carbocycles. The van der Waals surface area contributed by atoms with Gasteiger partial charge >= 0.3 is 18.4 Å². The first-order chi connectivity index (χ1) is 27.9. The zero-order valence-electron chi connectivity index (χ0n) is 35.6. The number of anilines is 2. The van der Waals surface area contributed by atoms with Crippen LogP contribution in [0.15, 0.2) is 72.8 Å². The number of aromatic nitrogens is 2. The van der Waals surface area contributed by atoms with E-state index >= 15 is 0 Å². The number of hydrogen-bond donors (Lipinski definition) is 1. The zero-order chi connectivity index (χ0) is 45.3. The van der Waals surface area contributed by atoms with Gasteiger partial charge in [0, 0.05) is 6.54 Å². The average Bonchev–Trinajstić information content (AvgIpc) is 3.15. The minimum Gasteiger partial charge on any atom is -0.497 e. The summed E-state index contributed by atoms with van der Waals surface area (Å²) in [6.07, 6.45) is -1.98. The zero-order valence-corrected chi connectivity index (χ0v) is 35.6. The summed E-state index contributed by atoms with van der Waals surface area (Å²) < 4.78 is 56.6. The molecule has 1 N–H and O–H groups in total. The van der Waals surface area contributed by atoms with Gasteiger partial charge in [0.05, 0.1) is 31.9 Å². The van der Waals surface area contributed by atoms with Gasteiger partial charge in [0.15, 0.2) is 12.6 Å². The summed E-state index contributed by atoms with van der Waals surface area (Å²) in [4.78, 5) is 64.5. The van der Waals surface area contributed by atoms with E-state index in [4.69, 9.17) is 23.7 Å². The Morgan fingerprint density at radius 2 is 1.05 bits per heavy atom. The Labute approximate surface area is 348 Å². The van der Waals surface area contributed by atoms with Crippen LogP contribution in [-0.2, 0) is 32.0 Å². The van der Waals surface area contributed by atoms with E-state index in [9.17, 15) is 32.8 Å². The topological polar surface area (TPSA) is 182 Å². The molecule has 4 rings (SSSR count). The molecule has 2 aromatic carbocycles. The number of amides is 1. The van der Waals surface area contributed by atoms with Crippen LogP contribution in [0.25, 0.3) is 0 Å². The molecule has 324 valence electrons. The van der Waals surface area contributed by atoms with Crippen molar-refractivity contribution in [3.05, 3.63) is 107 Å². The fourth-order valence-electron chi connectivity index (χ4n) is 4.32. The molecule has 4 aromatic rings. The average molecular weight is 839 g/mol. The van der Waals surface area contributed by atoms with E-state index in [0.717, 1.165) is 16.9 Å². The fraction of sp³-hybridized carbons (Fsp3) is 0.372. The van der Waals surface area contributed by atoms with Crippen LogP contribution >= 0.6 is 0 Å². The third-order valence-corrected chi connectivity index (χ3v) is 6.96. The molecule has 0 unspecified atom stereocenters. The smallest absolute Gasteiger partial charge is 0.497 e. The second kappa shape index (κ2) is 22.5. The van der Waals surface area contributed by atoms with Gasteiger partial charge < -0.3 is 33.7 Å². The molecule has 60 heavy (non-hydrogen) atoms. The number of ether oxygens (including phenoxy) is 6. The molecule has 0 aliphatic heterocycles. The Morgan fingerprint density at radius 3 is 1.45 bits per heavy atom. The lowest BCUT2D eigenvalue weighted by Crippen LogP contribution is -2.37. The van der Waals surface area contributed by atoms with Crippen molar-refractivity contribution in [3.63, 3.8) is 0 Å². The van der Waals surface area contributed by atoms with E-state index in [0.29, 0.717) is 30.7 Å². The van der Waals surface area contributed by atoms with Crippen molar-refractivity contribution < 1.29 is 61.2 Å². The molecule has 17 heteroatoms. The lowest BCUT2D eigenvalue weighted by atomic mass is 10.2. The summed E-state index contributed by atoms with van der Waals surface area (Å²) in [7, 11) is 3.16. The van der Waals surface area contributed by atoms with Crippen molar-refractivity contribution in [1.29, 1.82) is 0 Å². The monoisotopic (exact) mass is 838 g/mol. The molecule has 1 amide bonds. The largest absolute Gasteiger partial charge is 0.519 e. The van der Waals surface area contributed by atoms with E-state index in [1.165, 1.54) is 23.1 Å². The number of aldehydes is 2. The summed E-state index contributed by atoms with van der Waals surface area (Å²) in [6.45, 7) is 15.9. The Kier molecular flexibility index (Phi) is 18.5. The van der Waals surface area contributed by atoms with Crippen molar-refractivity contribution in [2.24, 2.45) is 0 Å². The number of carbonyl (C=O) groups is 5. The molecule has 0 spiro atoms. The minimum atomic E-state index is -1.06. The van der Waals surface area contributed by atoms with Crippen molar-refractivity contribution in [2.45, 2.75) is 92.2 Å². The summed E-state index contributed by atoms with van der Waals surface area (Å²) in [5.74, 6) is 0.188. The Hall–Kier alpha value is -6.65. The van der Waals surface area contributed by atoms with E-state index in [2.05, 4.69) is 20.0 Å². The minimum absolute atomic E-state index is 0.0463. The lowest BCUT2D eigenvalue weighted by molar-refractivity contribution is -0.0294. The van der Waals surface area contributed by atoms with Gasteiger partial charge in [-0.3, -0.25) is 14.5 Å². The maximum atomic E-state index is 13.9. The number of pyridine rings is 2.